The summed E-state index contributed by atoms with van der Waals surface area (Å²) in [7, 11) is 0. The zero-order valence-electron chi connectivity index (χ0n) is 12.1. The Morgan fingerprint density at radius 3 is 2.64 bits per heavy atom. The van der Waals surface area contributed by atoms with Crippen molar-refractivity contribution in [1.29, 1.82) is 0 Å². The Hall–Kier alpha value is -2.39. The van der Waals surface area contributed by atoms with E-state index in [-0.39, 0.29) is 0 Å². The summed E-state index contributed by atoms with van der Waals surface area (Å²) >= 11 is 1.75. The Morgan fingerprint density at radius 2 is 1.73 bits per heavy atom. The molecule has 0 spiro atoms. The van der Waals surface area contributed by atoms with Crippen molar-refractivity contribution in [2.45, 2.75) is 12.8 Å². The maximum absolute atomic E-state index is 4.77. The summed E-state index contributed by atoms with van der Waals surface area (Å²) in [5.41, 5.74) is 4.85. The van der Waals surface area contributed by atoms with Gasteiger partial charge >= 0.3 is 0 Å². The molecule has 4 aromatic rings. The molecular formula is C19H16N2S. The summed E-state index contributed by atoms with van der Waals surface area (Å²) in [6, 6.07) is 18.8. The molecule has 2 aromatic heterocycles. The number of H-pyrrole nitrogens is 1. The number of benzene rings is 2. The van der Waals surface area contributed by atoms with Gasteiger partial charge in [0.05, 0.1) is 10.7 Å². The zero-order valence-corrected chi connectivity index (χ0v) is 12.9. The van der Waals surface area contributed by atoms with Crippen molar-refractivity contribution in [3.63, 3.8) is 0 Å². The number of nitrogens with zero attached hydrogens (tertiary/aromatic N) is 1. The number of hydrogen-bond acceptors (Lipinski definition) is 2. The minimum Gasteiger partial charge on any atom is -0.361 e. The lowest BCUT2D eigenvalue weighted by molar-refractivity contribution is 0.952. The van der Waals surface area contributed by atoms with E-state index in [4.69, 9.17) is 4.98 Å². The predicted octanol–water partition coefficient (Wildman–Crippen LogP) is 5.08. The van der Waals surface area contributed by atoms with Gasteiger partial charge in [-0.2, -0.15) is 0 Å². The molecule has 2 aromatic carbocycles. The quantitative estimate of drug-likeness (QED) is 0.560. The molecule has 3 heteroatoms. The smallest absolute Gasteiger partial charge is 0.0935 e. The number of thiazole rings is 1. The second-order valence-corrected chi connectivity index (χ2v) is 6.29. The van der Waals surface area contributed by atoms with Gasteiger partial charge in [-0.3, -0.25) is 0 Å². The summed E-state index contributed by atoms with van der Waals surface area (Å²) in [4.78, 5) is 8.11. The lowest BCUT2D eigenvalue weighted by Gasteiger charge is -1.98. The SMILES string of the molecule is c1ccc(-c2csc(CCc3c[nH]c4ccccc34)n2)cc1. The first-order valence-electron chi connectivity index (χ1n) is 7.45. The van der Waals surface area contributed by atoms with Crippen molar-refractivity contribution in [2.75, 3.05) is 0 Å². The van der Waals surface area contributed by atoms with Crippen LogP contribution in [0.4, 0.5) is 0 Å². The minimum atomic E-state index is 0.985. The summed E-state index contributed by atoms with van der Waals surface area (Å²) in [5.74, 6) is 0. The topological polar surface area (TPSA) is 28.7 Å². The zero-order chi connectivity index (χ0) is 14.8. The molecule has 22 heavy (non-hydrogen) atoms. The first-order chi connectivity index (χ1) is 10.9. The number of aromatic amines is 1. The van der Waals surface area contributed by atoms with Crippen molar-refractivity contribution >= 4 is 22.2 Å². The van der Waals surface area contributed by atoms with E-state index in [0.717, 1.165) is 18.5 Å². The van der Waals surface area contributed by atoms with E-state index in [0.29, 0.717) is 0 Å². The molecule has 1 N–H and O–H groups in total. The highest BCUT2D eigenvalue weighted by Gasteiger charge is 2.07. The normalized spacial score (nSPS) is 11.1. The van der Waals surface area contributed by atoms with E-state index in [1.54, 1.807) is 11.3 Å². The Balaban J connectivity index is 1.52. The van der Waals surface area contributed by atoms with Crippen molar-refractivity contribution in [2.24, 2.45) is 0 Å². The second-order valence-electron chi connectivity index (χ2n) is 5.35. The van der Waals surface area contributed by atoms with Gasteiger partial charge in [0.15, 0.2) is 0 Å². The lowest BCUT2D eigenvalue weighted by atomic mass is 10.1. The fourth-order valence-electron chi connectivity index (χ4n) is 2.75. The first-order valence-corrected chi connectivity index (χ1v) is 8.33. The molecular weight excluding hydrogens is 288 g/mol. The van der Waals surface area contributed by atoms with Crippen molar-refractivity contribution in [3.8, 4) is 11.3 Å². The van der Waals surface area contributed by atoms with Gasteiger partial charge in [-0.15, -0.1) is 11.3 Å². The van der Waals surface area contributed by atoms with Crippen LogP contribution in [0.5, 0.6) is 0 Å². The third-order valence-electron chi connectivity index (χ3n) is 3.90. The van der Waals surface area contributed by atoms with E-state index in [1.165, 1.54) is 27.0 Å². The number of fused-ring (bicyclic) bond motifs is 1. The molecule has 0 bridgehead atoms. The van der Waals surface area contributed by atoms with Gasteiger partial charge in [-0.1, -0.05) is 48.5 Å². The van der Waals surface area contributed by atoms with Gasteiger partial charge in [0.1, 0.15) is 0 Å². The number of rotatable bonds is 4. The third kappa shape index (κ3) is 2.55. The van der Waals surface area contributed by atoms with Crippen LogP contribution in [-0.2, 0) is 12.8 Å². The number of nitrogens with one attached hydrogen (secondary N) is 1. The summed E-state index contributed by atoms with van der Waals surface area (Å²) in [6.07, 6.45) is 4.13. The van der Waals surface area contributed by atoms with E-state index >= 15 is 0 Å². The van der Waals surface area contributed by atoms with Crippen LogP contribution in [0, 0.1) is 0 Å². The van der Waals surface area contributed by atoms with Gasteiger partial charge in [0.2, 0.25) is 0 Å². The average Bonchev–Trinajstić information content (AvgIpc) is 3.21. The predicted molar refractivity (Wildman–Crippen MR) is 93.3 cm³/mol. The maximum atomic E-state index is 4.77. The first kappa shape index (κ1) is 13.3. The second kappa shape index (κ2) is 5.78. The van der Waals surface area contributed by atoms with Crippen molar-refractivity contribution in [3.05, 3.63) is 76.7 Å². The van der Waals surface area contributed by atoms with Crippen LogP contribution in [0.3, 0.4) is 0 Å². The lowest BCUT2D eigenvalue weighted by Crippen LogP contribution is -1.90. The molecule has 0 fully saturated rings. The van der Waals surface area contributed by atoms with Crippen LogP contribution >= 0.6 is 11.3 Å². The van der Waals surface area contributed by atoms with Crippen LogP contribution in [0.25, 0.3) is 22.2 Å². The molecule has 0 aliphatic heterocycles. The Labute approximate surface area is 133 Å². The molecule has 0 aliphatic rings. The highest BCUT2D eigenvalue weighted by Crippen LogP contribution is 2.24. The molecule has 0 unspecified atom stereocenters. The highest BCUT2D eigenvalue weighted by molar-refractivity contribution is 7.09. The summed E-state index contributed by atoms with van der Waals surface area (Å²) in [5, 5.41) is 4.67. The van der Waals surface area contributed by atoms with E-state index in [9.17, 15) is 0 Å². The molecule has 0 atom stereocenters. The number of para-hydroxylation sites is 1. The number of aromatic nitrogens is 2. The van der Waals surface area contributed by atoms with Crippen LogP contribution in [0.1, 0.15) is 10.6 Å². The van der Waals surface area contributed by atoms with E-state index in [1.807, 2.05) is 6.07 Å². The largest absolute Gasteiger partial charge is 0.361 e. The van der Waals surface area contributed by atoms with Gasteiger partial charge in [0.25, 0.3) is 0 Å². The van der Waals surface area contributed by atoms with Crippen LogP contribution < -0.4 is 0 Å². The number of hydrogen-bond donors (Lipinski definition) is 1. The van der Waals surface area contributed by atoms with Gasteiger partial charge in [-0.25, -0.2) is 4.98 Å². The minimum absolute atomic E-state index is 0.985. The molecule has 4 rings (SSSR count). The Kier molecular flexibility index (Phi) is 3.49. The third-order valence-corrected chi connectivity index (χ3v) is 4.81. The van der Waals surface area contributed by atoms with Gasteiger partial charge in [-0.05, 0) is 18.1 Å². The molecule has 0 amide bonds. The Bertz CT molecular complexity index is 890. The molecule has 0 saturated heterocycles. The van der Waals surface area contributed by atoms with Crippen molar-refractivity contribution < 1.29 is 0 Å². The van der Waals surface area contributed by atoms with E-state index in [2.05, 4.69) is 65.1 Å². The van der Waals surface area contributed by atoms with E-state index < -0.39 is 0 Å². The molecule has 0 aliphatic carbocycles. The fraction of sp³-hybridized carbons (Fsp3) is 0.105. The standard InChI is InChI=1S/C19H16N2S/c1-2-6-14(7-3-1)18-13-22-19(21-18)11-10-15-12-20-17-9-5-4-8-16(15)17/h1-9,12-13,20H,10-11H2. The number of aryl methyl sites for hydroxylation is 2. The Morgan fingerprint density at radius 1 is 0.909 bits per heavy atom. The van der Waals surface area contributed by atoms with Crippen LogP contribution in [-0.4, -0.2) is 9.97 Å². The summed E-state index contributed by atoms with van der Waals surface area (Å²) in [6.45, 7) is 0. The highest BCUT2D eigenvalue weighted by atomic mass is 32.1. The van der Waals surface area contributed by atoms with Crippen LogP contribution in [0.2, 0.25) is 0 Å². The van der Waals surface area contributed by atoms with Crippen LogP contribution in [0.15, 0.2) is 66.2 Å². The van der Waals surface area contributed by atoms with Gasteiger partial charge in [0, 0.05) is 34.5 Å². The van der Waals surface area contributed by atoms with Crippen molar-refractivity contribution in [1.82, 2.24) is 9.97 Å². The molecule has 108 valence electrons. The monoisotopic (exact) mass is 304 g/mol. The maximum Gasteiger partial charge on any atom is 0.0935 e. The molecule has 0 saturated carbocycles. The fourth-order valence-corrected chi connectivity index (χ4v) is 3.55. The summed E-state index contributed by atoms with van der Waals surface area (Å²) < 4.78 is 0. The molecule has 2 heterocycles. The molecule has 2 nitrogen and oxygen atoms in total. The molecule has 0 radical (unpaired) electrons. The average molecular weight is 304 g/mol. The van der Waals surface area contributed by atoms with Gasteiger partial charge < -0.3 is 4.98 Å².